The van der Waals surface area contributed by atoms with E-state index in [4.69, 9.17) is 11.6 Å². The minimum absolute atomic E-state index is 0.0416. The fraction of sp³-hybridized carbons (Fsp3) is 0.600. The number of halogens is 1. The molecule has 3 fully saturated rings. The van der Waals surface area contributed by atoms with Crippen LogP contribution in [0.3, 0.4) is 0 Å². The Bertz CT molecular complexity index is 676. The molecule has 3 amide bonds. The van der Waals surface area contributed by atoms with Crippen molar-refractivity contribution in [3.63, 3.8) is 0 Å². The third-order valence-corrected chi connectivity index (χ3v) is 6.07. The summed E-state index contributed by atoms with van der Waals surface area (Å²) in [7, 11) is 0. The number of piperazine rings is 1. The lowest BCUT2D eigenvalue weighted by molar-refractivity contribution is -0.137. The van der Waals surface area contributed by atoms with Crippen molar-refractivity contribution in [1.29, 1.82) is 0 Å². The van der Waals surface area contributed by atoms with Crippen molar-refractivity contribution < 1.29 is 9.59 Å². The van der Waals surface area contributed by atoms with Gasteiger partial charge in [-0.3, -0.25) is 4.79 Å². The van der Waals surface area contributed by atoms with E-state index in [-0.39, 0.29) is 17.9 Å². The summed E-state index contributed by atoms with van der Waals surface area (Å²) >= 11 is 5.96. The van der Waals surface area contributed by atoms with Gasteiger partial charge in [0, 0.05) is 61.9 Å². The van der Waals surface area contributed by atoms with Gasteiger partial charge in [0.1, 0.15) is 0 Å². The first-order valence-corrected chi connectivity index (χ1v) is 10.3. The van der Waals surface area contributed by atoms with Crippen LogP contribution in [-0.2, 0) is 4.79 Å². The standard InChI is InChI=1S/C20H27ClN4O2/c21-16-1-5-18(6-2-16)23-11-13-24(14-12-23)19(26)15-7-9-25(10-8-15)20(27)22-17-3-4-17/h1-2,5-6,15,17H,3-4,7-14H2,(H,22,27). The van der Waals surface area contributed by atoms with Gasteiger partial charge >= 0.3 is 6.03 Å². The van der Waals surface area contributed by atoms with E-state index in [2.05, 4.69) is 10.2 Å². The number of likely N-dealkylation sites (tertiary alicyclic amines) is 1. The van der Waals surface area contributed by atoms with E-state index in [1.165, 1.54) is 0 Å². The smallest absolute Gasteiger partial charge is 0.317 e. The quantitative estimate of drug-likeness (QED) is 0.863. The van der Waals surface area contributed by atoms with Gasteiger partial charge in [-0.2, -0.15) is 0 Å². The molecule has 3 aliphatic rings. The highest BCUT2D eigenvalue weighted by atomic mass is 35.5. The first-order chi connectivity index (χ1) is 13.1. The summed E-state index contributed by atoms with van der Waals surface area (Å²) in [6.45, 7) is 4.55. The predicted octanol–water partition coefficient (Wildman–Crippen LogP) is 2.57. The van der Waals surface area contributed by atoms with Crippen molar-refractivity contribution >= 4 is 29.2 Å². The van der Waals surface area contributed by atoms with Gasteiger partial charge in [0.15, 0.2) is 0 Å². The van der Waals surface area contributed by atoms with Crippen LogP contribution in [0, 0.1) is 5.92 Å². The Morgan fingerprint density at radius 3 is 2.07 bits per heavy atom. The largest absolute Gasteiger partial charge is 0.368 e. The van der Waals surface area contributed by atoms with Crippen LogP contribution < -0.4 is 10.2 Å². The second-order valence-corrected chi connectivity index (χ2v) is 8.21. The van der Waals surface area contributed by atoms with Crippen LogP contribution in [0.2, 0.25) is 5.02 Å². The maximum absolute atomic E-state index is 12.9. The molecule has 6 nitrogen and oxygen atoms in total. The average Bonchev–Trinajstić information content (AvgIpc) is 3.52. The Hall–Kier alpha value is -1.95. The third kappa shape index (κ3) is 4.49. The van der Waals surface area contributed by atoms with Gasteiger partial charge in [-0.1, -0.05) is 11.6 Å². The Morgan fingerprint density at radius 1 is 0.852 bits per heavy atom. The molecule has 1 saturated carbocycles. The summed E-state index contributed by atoms with van der Waals surface area (Å²) in [4.78, 5) is 31.2. The van der Waals surface area contributed by atoms with Gasteiger partial charge in [-0.05, 0) is 49.9 Å². The number of anilines is 1. The van der Waals surface area contributed by atoms with Crippen molar-refractivity contribution in [2.45, 2.75) is 31.7 Å². The Morgan fingerprint density at radius 2 is 1.48 bits per heavy atom. The molecule has 7 heteroatoms. The van der Waals surface area contributed by atoms with Gasteiger partial charge in [-0.15, -0.1) is 0 Å². The van der Waals surface area contributed by atoms with E-state index >= 15 is 0 Å². The number of hydrogen-bond donors (Lipinski definition) is 1. The summed E-state index contributed by atoms with van der Waals surface area (Å²) < 4.78 is 0. The molecule has 0 unspecified atom stereocenters. The molecule has 1 aliphatic carbocycles. The summed E-state index contributed by atoms with van der Waals surface area (Å²) in [5, 5.41) is 3.77. The SMILES string of the molecule is O=C(NC1CC1)N1CCC(C(=O)N2CCN(c3ccc(Cl)cc3)CC2)CC1. The number of carbonyl (C=O) groups excluding carboxylic acids is 2. The predicted molar refractivity (Wildman–Crippen MR) is 106 cm³/mol. The number of piperidine rings is 1. The van der Waals surface area contributed by atoms with Crippen LogP contribution in [0.15, 0.2) is 24.3 Å². The normalized spacial score (nSPS) is 21.3. The van der Waals surface area contributed by atoms with Crippen molar-refractivity contribution in [2.75, 3.05) is 44.2 Å². The average molecular weight is 391 g/mol. The van der Waals surface area contributed by atoms with Crippen LogP contribution in [0.4, 0.5) is 10.5 Å². The van der Waals surface area contributed by atoms with Crippen molar-refractivity contribution in [2.24, 2.45) is 5.92 Å². The van der Waals surface area contributed by atoms with Crippen LogP contribution in [-0.4, -0.2) is 67.0 Å². The molecule has 2 saturated heterocycles. The molecule has 0 aromatic heterocycles. The molecule has 4 rings (SSSR count). The third-order valence-electron chi connectivity index (χ3n) is 5.82. The number of amides is 3. The Labute approximate surface area is 165 Å². The van der Waals surface area contributed by atoms with Crippen LogP contribution in [0.1, 0.15) is 25.7 Å². The van der Waals surface area contributed by atoms with E-state index in [9.17, 15) is 9.59 Å². The number of rotatable bonds is 3. The number of carbonyl (C=O) groups is 2. The molecule has 1 aromatic carbocycles. The molecule has 2 aliphatic heterocycles. The molecule has 146 valence electrons. The number of nitrogens with one attached hydrogen (secondary N) is 1. The lowest BCUT2D eigenvalue weighted by Gasteiger charge is -2.39. The van der Waals surface area contributed by atoms with E-state index in [1.54, 1.807) is 0 Å². The molecule has 0 bridgehead atoms. The first-order valence-electron chi connectivity index (χ1n) is 9.95. The summed E-state index contributed by atoms with van der Waals surface area (Å²) in [5.74, 6) is 0.310. The highest BCUT2D eigenvalue weighted by Crippen LogP contribution is 2.24. The van der Waals surface area contributed by atoms with Crippen LogP contribution >= 0.6 is 11.6 Å². The number of nitrogens with zero attached hydrogens (tertiary/aromatic N) is 3. The number of urea groups is 1. The number of hydrogen-bond acceptors (Lipinski definition) is 3. The fourth-order valence-electron chi connectivity index (χ4n) is 3.92. The first kappa shape index (κ1) is 18.4. The molecule has 0 radical (unpaired) electrons. The van der Waals surface area contributed by atoms with Crippen molar-refractivity contribution in [3.8, 4) is 0 Å². The monoisotopic (exact) mass is 390 g/mol. The molecule has 1 aromatic rings. The van der Waals surface area contributed by atoms with Crippen LogP contribution in [0.5, 0.6) is 0 Å². The zero-order valence-corrected chi connectivity index (χ0v) is 16.3. The molecule has 2 heterocycles. The fourth-order valence-corrected chi connectivity index (χ4v) is 4.04. The summed E-state index contributed by atoms with van der Waals surface area (Å²) in [6.07, 6.45) is 3.74. The maximum Gasteiger partial charge on any atom is 0.317 e. The van der Waals surface area contributed by atoms with E-state index in [1.807, 2.05) is 34.1 Å². The summed E-state index contributed by atoms with van der Waals surface area (Å²) in [6, 6.07) is 8.29. The molecule has 1 N–H and O–H groups in total. The highest BCUT2D eigenvalue weighted by Gasteiger charge is 2.33. The second kappa shape index (κ2) is 7.97. The molecular weight excluding hydrogens is 364 g/mol. The molecule has 27 heavy (non-hydrogen) atoms. The van der Waals surface area contributed by atoms with Crippen molar-refractivity contribution in [1.82, 2.24) is 15.1 Å². The van der Waals surface area contributed by atoms with E-state index in [0.29, 0.717) is 19.1 Å². The summed E-state index contributed by atoms with van der Waals surface area (Å²) in [5.41, 5.74) is 1.15. The Kier molecular flexibility index (Phi) is 5.43. The second-order valence-electron chi connectivity index (χ2n) is 7.77. The zero-order chi connectivity index (χ0) is 18.8. The van der Waals surface area contributed by atoms with Gasteiger partial charge < -0.3 is 20.0 Å². The van der Waals surface area contributed by atoms with Gasteiger partial charge in [0.2, 0.25) is 5.91 Å². The molecule has 0 spiro atoms. The van der Waals surface area contributed by atoms with Gasteiger partial charge in [-0.25, -0.2) is 4.79 Å². The number of benzene rings is 1. The maximum atomic E-state index is 12.9. The zero-order valence-electron chi connectivity index (χ0n) is 15.6. The van der Waals surface area contributed by atoms with Gasteiger partial charge in [0.25, 0.3) is 0 Å². The minimum Gasteiger partial charge on any atom is -0.368 e. The minimum atomic E-state index is 0.0416. The van der Waals surface area contributed by atoms with E-state index in [0.717, 1.165) is 62.6 Å². The van der Waals surface area contributed by atoms with Crippen molar-refractivity contribution in [3.05, 3.63) is 29.3 Å². The molecule has 0 atom stereocenters. The van der Waals surface area contributed by atoms with Crippen LogP contribution in [0.25, 0.3) is 0 Å². The van der Waals surface area contributed by atoms with Gasteiger partial charge in [0.05, 0.1) is 0 Å². The lowest BCUT2D eigenvalue weighted by atomic mass is 9.95. The Balaban J connectivity index is 1.23. The lowest BCUT2D eigenvalue weighted by Crippen LogP contribution is -2.52. The molecular formula is C20H27ClN4O2. The topological polar surface area (TPSA) is 55.9 Å². The highest BCUT2D eigenvalue weighted by molar-refractivity contribution is 6.30. The van der Waals surface area contributed by atoms with E-state index < -0.39 is 0 Å².